The molecule has 1 saturated heterocycles. The Hall–Kier alpha value is -0.0700. The summed E-state index contributed by atoms with van der Waals surface area (Å²) in [5, 5.41) is 7.09. The number of amides is 1. The zero-order valence-corrected chi connectivity index (χ0v) is 13.9. The number of rotatable bonds is 2. The van der Waals surface area contributed by atoms with Crippen molar-refractivity contribution in [1.29, 1.82) is 0 Å². The van der Waals surface area contributed by atoms with Crippen LogP contribution >= 0.6 is 47.5 Å². The molecular formula is C13H16Cl2N2OS2. The van der Waals surface area contributed by atoms with Crippen LogP contribution in [0.15, 0.2) is 23.1 Å². The van der Waals surface area contributed by atoms with Crippen molar-refractivity contribution >= 4 is 53.4 Å². The van der Waals surface area contributed by atoms with Crippen LogP contribution < -0.4 is 10.6 Å². The summed E-state index contributed by atoms with van der Waals surface area (Å²) in [6, 6.07) is 5.97. The normalized spacial score (nSPS) is 24.6. The zero-order valence-electron chi connectivity index (χ0n) is 10.7. The van der Waals surface area contributed by atoms with E-state index in [0.717, 1.165) is 34.4 Å². The van der Waals surface area contributed by atoms with Crippen LogP contribution in [0, 0.1) is 0 Å². The summed E-state index contributed by atoms with van der Waals surface area (Å²) in [7, 11) is 0. The highest BCUT2D eigenvalue weighted by Crippen LogP contribution is 2.37. The van der Waals surface area contributed by atoms with Crippen LogP contribution in [0.1, 0.15) is 18.0 Å². The standard InChI is InChI=1S/C13H15ClN2OS2.ClH/c14-8-1-2-12-9(5-8)10(3-4-19-12)16-13(17)11-6-18-7-15-11;/h1-2,5,10-11,15H,3-4,6-7H2,(H,16,17);1H. The molecule has 1 aromatic rings. The Labute approximate surface area is 138 Å². The van der Waals surface area contributed by atoms with E-state index in [-0.39, 0.29) is 30.4 Å². The minimum absolute atomic E-state index is 0. The molecule has 0 radical (unpaired) electrons. The van der Waals surface area contributed by atoms with Gasteiger partial charge in [-0.05, 0) is 30.2 Å². The van der Waals surface area contributed by atoms with E-state index in [1.54, 1.807) is 11.8 Å². The molecule has 2 aliphatic rings. The molecule has 2 heterocycles. The predicted octanol–water partition coefficient (Wildman–Crippen LogP) is 3.08. The fraction of sp³-hybridized carbons (Fsp3) is 0.462. The Kier molecular flexibility index (Phi) is 5.93. The van der Waals surface area contributed by atoms with Gasteiger partial charge in [-0.1, -0.05) is 11.6 Å². The second-order valence-corrected chi connectivity index (χ2v) is 7.26. The molecule has 2 N–H and O–H groups in total. The maximum absolute atomic E-state index is 12.2. The second kappa shape index (κ2) is 7.27. The first kappa shape index (κ1) is 16.3. The van der Waals surface area contributed by atoms with Gasteiger partial charge >= 0.3 is 0 Å². The van der Waals surface area contributed by atoms with Gasteiger partial charge in [0, 0.05) is 27.3 Å². The van der Waals surface area contributed by atoms with Crippen LogP contribution in [0.2, 0.25) is 5.02 Å². The lowest BCUT2D eigenvalue weighted by Gasteiger charge is -2.27. The second-order valence-electron chi connectivity index (χ2n) is 4.65. The fourth-order valence-corrected chi connectivity index (χ4v) is 4.58. The molecule has 0 spiro atoms. The molecular weight excluding hydrogens is 335 g/mol. The number of halogens is 2. The number of carbonyl (C=O) groups excluding carboxylic acids is 1. The van der Waals surface area contributed by atoms with E-state index in [1.165, 1.54) is 4.90 Å². The van der Waals surface area contributed by atoms with Gasteiger partial charge in [0.2, 0.25) is 5.91 Å². The van der Waals surface area contributed by atoms with Crippen LogP contribution in [-0.4, -0.2) is 29.3 Å². The molecule has 1 fully saturated rings. The summed E-state index contributed by atoms with van der Waals surface area (Å²) in [5.41, 5.74) is 1.16. The van der Waals surface area contributed by atoms with Crippen molar-refractivity contribution in [3.8, 4) is 0 Å². The van der Waals surface area contributed by atoms with Crippen LogP contribution in [0.25, 0.3) is 0 Å². The smallest absolute Gasteiger partial charge is 0.238 e. The number of hydrogen-bond acceptors (Lipinski definition) is 4. The van der Waals surface area contributed by atoms with Gasteiger partial charge in [0.1, 0.15) is 0 Å². The van der Waals surface area contributed by atoms with Crippen LogP contribution in [0.5, 0.6) is 0 Å². The van der Waals surface area contributed by atoms with Crippen molar-refractivity contribution in [3.05, 3.63) is 28.8 Å². The average Bonchev–Trinajstić information content (AvgIpc) is 2.93. The van der Waals surface area contributed by atoms with Crippen molar-refractivity contribution in [2.24, 2.45) is 0 Å². The third kappa shape index (κ3) is 3.57. The van der Waals surface area contributed by atoms with Gasteiger partial charge in [-0.25, -0.2) is 0 Å². The monoisotopic (exact) mass is 350 g/mol. The summed E-state index contributed by atoms with van der Waals surface area (Å²) in [4.78, 5) is 13.4. The van der Waals surface area contributed by atoms with Gasteiger partial charge < -0.3 is 5.32 Å². The van der Waals surface area contributed by atoms with E-state index in [9.17, 15) is 4.79 Å². The first-order chi connectivity index (χ1) is 9.24. The topological polar surface area (TPSA) is 41.1 Å². The largest absolute Gasteiger partial charge is 0.348 e. The Morgan fingerprint density at radius 2 is 2.30 bits per heavy atom. The average molecular weight is 351 g/mol. The van der Waals surface area contributed by atoms with Gasteiger partial charge in [-0.2, -0.15) is 0 Å². The molecule has 3 rings (SSSR count). The van der Waals surface area contributed by atoms with Crippen LogP contribution in [-0.2, 0) is 4.79 Å². The summed E-state index contributed by atoms with van der Waals surface area (Å²) in [5.74, 6) is 2.86. The van der Waals surface area contributed by atoms with Gasteiger partial charge in [0.05, 0.1) is 12.1 Å². The Morgan fingerprint density at radius 1 is 1.45 bits per heavy atom. The van der Waals surface area contributed by atoms with Crippen molar-refractivity contribution in [2.45, 2.75) is 23.4 Å². The highest BCUT2D eigenvalue weighted by molar-refractivity contribution is 7.99. The van der Waals surface area contributed by atoms with Crippen molar-refractivity contribution in [1.82, 2.24) is 10.6 Å². The summed E-state index contributed by atoms with van der Waals surface area (Å²) >= 11 is 9.66. The van der Waals surface area contributed by atoms with Crippen molar-refractivity contribution in [2.75, 3.05) is 17.4 Å². The molecule has 0 bridgehead atoms. The molecule has 20 heavy (non-hydrogen) atoms. The summed E-state index contributed by atoms with van der Waals surface area (Å²) in [6.45, 7) is 0. The molecule has 0 aromatic heterocycles. The Balaban J connectivity index is 0.00000147. The van der Waals surface area contributed by atoms with Gasteiger partial charge in [0.25, 0.3) is 0 Å². The molecule has 2 aliphatic heterocycles. The number of nitrogens with one attached hydrogen (secondary N) is 2. The molecule has 3 nitrogen and oxygen atoms in total. The molecule has 7 heteroatoms. The third-order valence-corrected chi connectivity index (χ3v) is 5.66. The molecule has 1 amide bonds. The van der Waals surface area contributed by atoms with Gasteiger partial charge in [0.15, 0.2) is 0 Å². The first-order valence-electron chi connectivity index (χ1n) is 6.28. The minimum Gasteiger partial charge on any atom is -0.348 e. The van der Waals surface area contributed by atoms with Gasteiger partial charge in [-0.3, -0.25) is 10.1 Å². The molecule has 2 unspecified atom stereocenters. The van der Waals surface area contributed by atoms with Crippen LogP contribution in [0.4, 0.5) is 0 Å². The quantitative estimate of drug-likeness (QED) is 0.859. The highest BCUT2D eigenvalue weighted by atomic mass is 35.5. The maximum Gasteiger partial charge on any atom is 0.238 e. The van der Waals surface area contributed by atoms with E-state index in [1.807, 2.05) is 30.0 Å². The molecule has 0 aliphatic carbocycles. The lowest BCUT2D eigenvalue weighted by atomic mass is 10.0. The Morgan fingerprint density at radius 3 is 3.05 bits per heavy atom. The highest BCUT2D eigenvalue weighted by Gasteiger charge is 2.27. The summed E-state index contributed by atoms with van der Waals surface area (Å²) in [6.07, 6.45) is 0.962. The first-order valence-corrected chi connectivity index (χ1v) is 8.79. The maximum atomic E-state index is 12.2. The third-order valence-electron chi connectivity index (χ3n) is 3.36. The number of benzene rings is 1. The lowest BCUT2D eigenvalue weighted by Crippen LogP contribution is -2.44. The molecule has 1 aromatic carbocycles. The minimum atomic E-state index is -0.0535. The zero-order chi connectivity index (χ0) is 13.2. The number of hydrogen-bond donors (Lipinski definition) is 2. The number of fused-ring (bicyclic) bond motifs is 1. The van der Waals surface area contributed by atoms with E-state index in [0.29, 0.717) is 0 Å². The molecule has 0 saturated carbocycles. The predicted molar refractivity (Wildman–Crippen MR) is 89.2 cm³/mol. The molecule has 2 atom stereocenters. The Bertz CT molecular complexity index is 495. The van der Waals surface area contributed by atoms with E-state index >= 15 is 0 Å². The number of thioether (sulfide) groups is 2. The van der Waals surface area contributed by atoms with E-state index in [2.05, 4.69) is 10.6 Å². The fourth-order valence-electron chi connectivity index (χ4n) is 2.35. The van der Waals surface area contributed by atoms with Gasteiger partial charge in [-0.15, -0.1) is 35.9 Å². The SMILES string of the molecule is Cl.O=C(NC1CCSc2ccc(Cl)cc21)C1CSCN1. The van der Waals surface area contributed by atoms with E-state index in [4.69, 9.17) is 11.6 Å². The van der Waals surface area contributed by atoms with Crippen molar-refractivity contribution in [3.63, 3.8) is 0 Å². The van der Waals surface area contributed by atoms with Crippen LogP contribution in [0.3, 0.4) is 0 Å². The summed E-state index contributed by atoms with van der Waals surface area (Å²) < 4.78 is 0. The number of carbonyl (C=O) groups is 1. The van der Waals surface area contributed by atoms with E-state index < -0.39 is 0 Å². The lowest BCUT2D eigenvalue weighted by molar-refractivity contribution is -0.123. The molecule has 110 valence electrons. The van der Waals surface area contributed by atoms with Crippen molar-refractivity contribution < 1.29 is 4.79 Å².